The van der Waals surface area contributed by atoms with Gasteiger partial charge in [0.25, 0.3) is 5.91 Å². The highest BCUT2D eigenvalue weighted by Crippen LogP contribution is 2.50. The highest BCUT2D eigenvalue weighted by molar-refractivity contribution is 7.81. The number of hydrogen-bond acceptors (Lipinski definition) is 8. The second kappa shape index (κ2) is 10.3. The first-order valence-corrected chi connectivity index (χ1v) is 13.1. The number of benzene rings is 1. The molecule has 8 nitrogen and oxygen atoms in total. The van der Waals surface area contributed by atoms with E-state index in [-0.39, 0.29) is 11.6 Å². The van der Waals surface area contributed by atoms with Crippen molar-refractivity contribution in [1.29, 1.82) is 5.26 Å². The molecule has 1 aromatic carbocycles. The van der Waals surface area contributed by atoms with Crippen LogP contribution < -0.4 is 14.5 Å². The number of nitrogens with zero attached hydrogens (tertiary/aromatic N) is 6. The van der Waals surface area contributed by atoms with E-state index in [0.29, 0.717) is 25.2 Å². The zero-order chi connectivity index (χ0) is 27.1. The number of nitriles is 1. The molecule has 3 aliphatic rings. The molecular weight excluding hydrogens is 517 g/mol. The SMILES string of the molecule is CN1CCN(CCOc2ccc(N3C(S)N(c4cnc(C#N)c(C(F)(F)F)c4)C(=O)C34CCC4)cc2)CC1. The van der Waals surface area contributed by atoms with E-state index >= 15 is 0 Å². The third-order valence-corrected chi connectivity index (χ3v) is 8.13. The molecule has 0 bridgehead atoms. The van der Waals surface area contributed by atoms with Gasteiger partial charge < -0.3 is 14.5 Å². The quantitative estimate of drug-likeness (QED) is 0.555. The Bertz CT molecular complexity index is 1220. The molecular formula is C26H29F3N6O2S. The van der Waals surface area contributed by atoms with Crippen LogP contribution in [0.15, 0.2) is 36.5 Å². The fourth-order valence-electron chi connectivity index (χ4n) is 5.32. The summed E-state index contributed by atoms with van der Waals surface area (Å²) < 4.78 is 46.7. The Morgan fingerprint density at radius 2 is 1.84 bits per heavy atom. The molecule has 1 aromatic heterocycles. The van der Waals surface area contributed by atoms with Gasteiger partial charge in [-0.25, -0.2) is 4.98 Å². The van der Waals surface area contributed by atoms with Gasteiger partial charge in [-0.15, -0.1) is 12.6 Å². The lowest BCUT2D eigenvalue weighted by Crippen LogP contribution is -2.55. The second-order valence-corrected chi connectivity index (χ2v) is 10.4. The summed E-state index contributed by atoms with van der Waals surface area (Å²) in [6.07, 6.45) is -1.69. The lowest BCUT2D eigenvalue weighted by molar-refractivity contribution is -0.138. The molecule has 1 aliphatic carbocycles. The molecule has 1 amide bonds. The number of carbonyl (C=O) groups is 1. The minimum atomic E-state index is -4.78. The molecule has 1 atom stereocenters. The van der Waals surface area contributed by atoms with Crippen LogP contribution in [0.1, 0.15) is 30.5 Å². The molecule has 2 saturated heterocycles. The number of ether oxygens (including phenoxy) is 1. The Labute approximate surface area is 225 Å². The molecule has 1 spiro atoms. The number of carbonyl (C=O) groups excluding carboxylic acids is 1. The van der Waals surface area contributed by atoms with E-state index in [2.05, 4.69) is 34.5 Å². The third-order valence-electron chi connectivity index (χ3n) is 7.67. The number of anilines is 2. The van der Waals surface area contributed by atoms with Crippen LogP contribution >= 0.6 is 12.6 Å². The normalized spacial score (nSPS) is 22.0. The number of thiol groups is 1. The average Bonchev–Trinajstić information content (AvgIpc) is 3.11. The van der Waals surface area contributed by atoms with Crippen molar-refractivity contribution >= 4 is 29.9 Å². The fourth-order valence-corrected chi connectivity index (χ4v) is 5.92. The summed E-state index contributed by atoms with van der Waals surface area (Å²) in [7, 11) is 2.12. The van der Waals surface area contributed by atoms with Gasteiger partial charge in [0, 0.05) is 38.4 Å². The summed E-state index contributed by atoms with van der Waals surface area (Å²) in [5.41, 5.74) is -2.96. The number of likely N-dealkylation sites (N-methyl/N-ethyl adjacent to an activating group) is 1. The van der Waals surface area contributed by atoms with Crippen molar-refractivity contribution in [3.63, 3.8) is 0 Å². The van der Waals surface area contributed by atoms with E-state index < -0.39 is 28.5 Å². The summed E-state index contributed by atoms with van der Waals surface area (Å²) in [6.45, 7) is 5.52. The van der Waals surface area contributed by atoms with E-state index in [1.807, 2.05) is 29.2 Å². The monoisotopic (exact) mass is 546 g/mol. The van der Waals surface area contributed by atoms with Gasteiger partial charge >= 0.3 is 6.18 Å². The first kappa shape index (κ1) is 26.6. The largest absolute Gasteiger partial charge is 0.492 e. The molecule has 3 heterocycles. The average molecular weight is 547 g/mol. The van der Waals surface area contributed by atoms with E-state index in [1.54, 1.807) is 0 Å². The van der Waals surface area contributed by atoms with Gasteiger partial charge in [-0.2, -0.15) is 18.4 Å². The summed E-state index contributed by atoms with van der Waals surface area (Å²) in [5.74, 6) is 0.380. The van der Waals surface area contributed by atoms with E-state index in [1.165, 1.54) is 11.0 Å². The summed E-state index contributed by atoms with van der Waals surface area (Å²) >= 11 is 4.69. The van der Waals surface area contributed by atoms with Crippen LogP contribution in [0.25, 0.3) is 0 Å². The van der Waals surface area contributed by atoms with Crippen LogP contribution in [-0.4, -0.2) is 78.1 Å². The molecule has 0 radical (unpaired) electrons. The minimum absolute atomic E-state index is 0.0426. The number of hydrogen-bond donors (Lipinski definition) is 1. The third kappa shape index (κ3) is 4.79. The summed E-state index contributed by atoms with van der Waals surface area (Å²) in [5, 5.41) is 9.08. The highest BCUT2D eigenvalue weighted by atomic mass is 32.1. The van der Waals surface area contributed by atoms with Gasteiger partial charge in [-0.3, -0.25) is 14.6 Å². The van der Waals surface area contributed by atoms with Gasteiger partial charge in [0.15, 0.2) is 11.2 Å². The number of alkyl halides is 3. The second-order valence-electron chi connectivity index (χ2n) is 9.96. The van der Waals surface area contributed by atoms with E-state index in [9.17, 15) is 18.0 Å². The molecule has 2 aromatic rings. The zero-order valence-electron chi connectivity index (χ0n) is 21.0. The maximum atomic E-state index is 13.6. The molecule has 1 saturated carbocycles. The number of amides is 1. The first-order valence-electron chi connectivity index (χ1n) is 12.6. The number of halogens is 3. The Morgan fingerprint density at radius 3 is 2.42 bits per heavy atom. The minimum Gasteiger partial charge on any atom is -0.492 e. The smallest absolute Gasteiger partial charge is 0.419 e. The Hall–Kier alpha value is -3.01. The molecule has 2 aliphatic heterocycles. The van der Waals surface area contributed by atoms with Gasteiger partial charge in [0.05, 0.1) is 17.4 Å². The van der Waals surface area contributed by atoms with Crippen molar-refractivity contribution in [2.75, 3.05) is 56.2 Å². The first-order chi connectivity index (χ1) is 18.1. The zero-order valence-corrected chi connectivity index (χ0v) is 21.9. The van der Waals surface area contributed by atoms with Crippen molar-refractivity contribution in [2.45, 2.75) is 36.5 Å². The van der Waals surface area contributed by atoms with Crippen molar-refractivity contribution in [3.05, 3.63) is 47.8 Å². The van der Waals surface area contributed by atoms with E-state index in [0.717, 1.165) is 57.1 Å². The lowest BCUT2D eigenvalue weighted by atomic mass is 9.75. The number of aromatic nitrogens is 1. The Kier molecular flexibility index (Phi) is 7.19. The summed E-state index contributed by atoms with van der Waals surface area (Å²) in [6, 6.07) is 9.66. The number of rotatable bonds is 6. The Morgan fingerprint density at radius 1 is 1.16 bits per heavy atom. The fraction of sp³-hybridized carbons (Fsp3) is 0.500. The van der Waals surface area contributed by atoms with Crippen LogP contribution in [0, 0.1) is 11.3 Å². The predicted octanol–water partition coefficient (Wildman–Crippen LogP) is 3.59. The van der Waals surface area contributed by atoms with Crippen molar-refractivity contribution in [1.82, 2.24) is 14.8 Å². The van der Waals surface area contributed by atoms with Crippen molar-refractivity contribution in [3.8, 4) is 11.8 Å². The van der Waals surface area contributed by atoms with Crippen molar-refractivity contribution < 1.29 is 22.7 Å². The summed E-state index contributed by atoms with van der Waals surface area (Å²) in [4.78, 5) is 25.1. The molecule has 12 heteroatoms. The van der Waals surface area contributed by atoms with Crippen LogP contribution in [0.2, 0.25) is 0 Å². The standard InChI is InChI=1S/C26H29F3N6O2S/c1-32-9-11-33(12-10-32)13-14-37-20-5-3-18(4-6-20)35-24(38)34(23(36)25(35)7-2-8-25)19-15-21(26(27,28)29)22(16-30)31-17-19/h3-6,15,17,24,38H,2,7-14H2,1H3. The topological polar surface area (TPSA) is 75.9 Å². The molecule has 202 valence electrons. The molecule has 1 unspecified atom stereocenters. The van der Waals surface area contributed by atoms with Crippen LogP contribution in [0.3, 0.4) is 0 Å². The van der Waals surface area contributed by atoms with Gasteiger partial charge in [-0.1, -0.05) is 0 Å². The lowest BCUT2D eigenvalue weighted by Gasteiger charge is -2.44. The molecule has 38 heavy (non-hydrogen) atoms. The highest BCUT2D eigenvalue weighted by Gasteiger charge is 2.60. The van der Waals surface area contributed by atoms with Crippen LogP contribution in [-0.2, 0) is 11.0 Å². The van der Waals surface area contributed by atoms with E-state index in [4.69, 9.17) is 10.00 Å². The van der Waals surface area contributed by atoms with Gasteiger partial charge in [0.1, 0.15) is 24.0 Å². The van der Waals surface area contributed by atoms with Gasteiger partial charge in [0.2, 0.25) is 0 Å². The van der Waals surface area contributed by atoms with Gasteiger partial charge in [-0.05, 0) is 56.6 Å². The maximum Gasteiger partial charge on any atom is 0.419 e. The predicted molar refractivity (Wildman–Crippen MR) is 139 cm³/mol. The van der Waals surface area contributed by atoms with Crippen LogP contribution in [0.4, 0.5) is 24.5 Å². The van der Waals surface area contributed by atoms with Crippen LogP contribution in [0.5, 0.6) is 5.75 Å². The molecule has 3 fully saturated rings. The number of pyridine rings is 1. The maximum absolute atomic E-state index is 13.6. The number of piperazine rings is 1. The molecule has 0 N–H and O–H groups in total. The Balaban J connectivity index is 1.34. The molecule has 5 rings (SSSR count). The van der Waals surface area contributed by atoms with Crippen molar-refractivity contribution in [2.24, 2.45) is 0 Å².